The van der Waals surface area contributed by atoms with Crippen LogP contribution >= 0.6 is 0 Å². The number of hydrogen-bond donors (Lipinski definition) is 2. The molecule has 0 bridgehead atoms. The lowest BCUT2D eigenvalue weighted by atomic mass is 9.84. The number of aryl methyl sites for hydroxylation is 1. The molecule has 1 amide bonds. The molecule has 0 saturated heterocycles. The molecule has 1 heterocycles. The van der Waals surface area contributed by atoms with E-state index in [0.29, 0.717) is 41.3 Å². The first kappa shape index (κ1) is 31.6. The molecular formula is C28H37F3N4O4Si. The molecule has 2 N–H and O–H groups in total. The van der Waals surface area contributed by atoms with Crippen molar-refractivity contribution in [3.63, 3.8) is 0 Å². The zero-order valence-electron chi connectivity index (χ0n) is 23.6. The van der Waals surface area contributed by atoms with Gasteiger partial charge in [-0.1, -0.05) is 32.9 Å². The smallest absolute Gasteiger partial charge is 0.416 e. The van der Waals surface area contributed by atoms with Crippen LogP contribution in [0.3, 0.4) is 0 Å². The highest BCUT2D eigenvalue weighted by Gasteiger charge is 2.31. The Morgan fingerprint density at radius 3 is 2.38 bits per heavy atom. The molecule has 0 atom stereocenters. The van der Waals surface area contributed by atoms with Crippen molar-refractivity contribution in [3.8, 4) is 11.4 Å². The summed E-state index contributed by atoms with van der Waals surface area (Å²) in [5, 5.41) is 22.5. The van der Waals surface area contributed by atoms with Crippen LogP contribution in [0.25, 0.3) is 16.7 Å². The minimum absolute atomic E-state index is 0.0599. The quantitative estimate of drug-likeness (QED) is 0.161. The van der Waals surface area contributed by atoms with Gasteiger partial charge in [0, 0.05) is 31.7 Å². The van der Waals surface area contributed by atoms with Crippen LogP contribution in [0, 0.1) is 0 Å². The monoisotopic (exact) mass is 578 g/mol. The number of halogens is 3. The third kappa shape index (κ3) is 8.52. The SMILES string of the molecule is CCOC(OCC)[Si]CCCNC(=O)CCc1cc(-n2nc3ccc(C(F)(F)F)cc3n2)c(O)c(C(C)(C)C)c1. The van der Waals surface area contributed by atoms with E-state index in [2.05, 4.69) is 15.5 Å². The molecule has 0 unspecified atom stereocenters. The Morgan fingerprint density at radius 2 is 1.75 bits per heavy atom. The summed E-state index contributed by atoms with van der Waals surface area (Å²) < 4.78 is 50.6. The maximum Gasteiger partial charge on any atom is 0.416 e. The highest BCUT2D eigenvalue weighted by atomic mass is 28.2. The minimum atomic E-state index is -4.50. The fourth-order valence-corrected chi connectivity index (χ4v) is 5.28. The first-order chi connectivity index (χ1) is 18.8. The second-order valence-electron chi connectivity index (χ2n) is 10.4. The van der Waals surface area contributed by atoms with E-state index in [4.69, 9.17) is 9.47 Å². The van der Waals surface area contributed by atoms with E-state index in [9.17, 15) is 23.1 Å². The summed E-state index contributed by atoms with van der Waals surface area (Å²) in [6.07, 6.45) is -3.05. The van der Waals surface area contributed by atoms with Gasteiger partial charge in [0.25, 0.3) is 0 Å². The number of alkyl halides is 3. The molecule has 0 aliphatic rings. The van der Waals surface area contributed by atoms with Crippen molar-refractivity contribution < 1.29 is 32.5 Å². The molecule has 8 nitrogen and oxygen atoms in total. The first-order valence-corrected chi connectivity index (χ1v) is 14.7. The van der Waals surface area contributed by atoms with Crippen LogP contribution in [0.1, 0.15) is 64.2 Å². The number of phenols is 1. The van der Waals surface area contributed by atoms with E-state index in [1.807, 2.05) is 40.7 Å². The average Bonchev–Trinajstić information content (AvgIpc) is 3.30. The van der Waals surface area contributed by atoms with Gasteiger partial charge < -0.3 is 19.9 Å². The number of hydrogen-bond acceptors (Lipinski definition) is 6. The lowest BCUT2D eigenvalue weighted by Gasteiger charge is -2.23. The van der Waals surface area contributed by atoms with E-state index in [0.717, 1.165) is 35.0 Å². The summed E-state index contributed by atoms with van der Waals surface area (Å²) in [7, 11) is 0.498. The van der Waals surface area contributed by atoms with Crippen molar-refractivity contribution >= 4 is 26.5 Å². The van der Waals surface area contributed by atoms with Gasteiger partial charge >= 0.3 is 6.18 Å². The number of amides is 1. The molecule has 0 aliphatic heterocycles. The second-order valence-corrected chi connectivity index (χ2v) is 11.7. The number of carbonyl (C=O) groups is 1. The summed E-state index contributed by atoms with van der Waals surface area (Å²) in [5.74, 6) is -0.348. The minimum Gasteiger partial charge on any atom is -0.505 e. The lowest BCUT2D eigenvalue weighted by Crippen LogP contribution is -2.27. The number of nitrogens with zero attached hydrogens (tertiary/aromatic N) is 3. The number of aromatic nitrogens is 3. The molecule has 2 aromatic carbocycles. The lowest BCUT2D eigenvalue weighted by molar-refractivity contribution is -0.137. The molecule has 3 rings (SSSR count). The summed E-state index contributed by atoms with van der Waals surface area (Å²) in [6, 6.07) is 7.54. The fourth-order valence-electron chi connectivity index (χ4n) is 4.10. The number of aromatic hydroxyl groups is 1. The third-order valence-corrected chi connectivity index (χ3v) is 7.45. The standard InChI is InChI=1S/C28H37F3N4O4Si/c1-6-38-26(39-7-2)40-14-8-13-32-24(36)12-9-18-15-20(27(3,4)5)25(37)23(16-18)35-33-21-11-10-19(28(29,30)31)17-22(21)34-35/h10-11,15-17,26,37H,6-9,12-14H2,1-5H3,(H,32,36). The Bertz CT molecular complexity index is 1290. The molecule has 0 saturated carbocycles. The van der Waals surface area contributed by atoms with Crippen molar-refractivity contribution in [3.05, 3.63) is 47.0 Å². The van der Waals surface area contributed by atoms with Gasteiger partial charge in [0.1, 0.15) is 37.9 Å². The third-order valence-electron chi connectivity index (χ3n) is 6.14. The van der Waals surface area contributed by atoms with Crippen molar-refractivity contribution in [1.29, 1.82) is 0 Å². The number of fused-ring (bicyclic) bond motifs is 1. The zero-order valence-corrected chi connectivity index (χ0v) is 24.6. The second kappa shape index (κ2) is 13.6. The number of nitrogens with one attached hydrogen (secondary N) is 1. The summed E-state index contributed by atoms with van der Waals surface area (Å²) in [4.78, 5) is 13.7. The van der Waals surface area contributed by atoms with Gasteiger partial charge in [-0.3, -0.25) is 4.79 Å². The zero-order chi connectivity index (χ0) is 29.5. The fraction of sp³-hybridized carbons (Fsp3) is 0.536. The summed E-state index contributed by atoms with van der Waals surface area (Å²) in [6.45, 7) is 11.4. The normalized spacial score (nSPS) is 12.4. The van der Waals surface area contributed by atoms with Crippen LogP contribution < -0.4 is 5.32 Å². The van der Waals surface area contributed by atoms with Crippen LogP contribution in [-0.4, -0.2) is 61.2 Å². The van der Waals surface area contributed by atoms with Crippen LogP contribution in [-0.2, 0) is 32.3 Å². The van der Waals surface area contributed by atoms with E-state index in [1.165, 1.54) is 6.07 Å². The van der Waals surface area contributed by atoms with Gasteiger partial charge in [0.05, 0.1) is 5.56 Å². The predicted molar refractivity (Wildman–Crippen MR) is 148 cm³/mol. The molecule has 0 spiro atoms. The molecule has 12 heteroatoms. The Balaban J connectivity index is 1.70. The van der Waals surface area contributed by atoms with Crippen LogP contribution in [0.2, 0.25) is 6.04 Å². The average molecular weight is 579 g/mol. The van der Waals surface area contributed by atoms with Crippen LogP contribution in [0.15, 0.2) is 30.3 Å². The van der Waals surface area contributed by atoms with Gasteiger partial charge in [0.2, 0.25) is 5.91 Å². The maximum absolute atomic E-state index is 13.2. The Labute approximate surface area is 235 Å². The summed E-state index contributed by atoms with van der Waals surface area (Å²) in [5.41, 5.74) is 0.700. The Hall–Kier alpha value is -2.96. The van der Waals surface area contributed by atoms with Crippen molar-refractivity contribution in [1.82, 2.24) is 20.3 Å². The Kier molecular flexibility index (Phi) is 10.7. The van der Waals surface area contributed by atoms with Crippen molar-refractivity contribution in [2.24, 2.45) is 0 Å². The van der Waals surface area contributed by atoms with E-state index < -0.39 is 17.2 Å². The van der Waals surface area contributed by atoms with Crippen molar-refractivity contribution in [2.45, 2.75) is 77.4 Å². The Morgan fingerprint density at radius 1 is 1.07 bits per heavy atom. The highest BCUT2D eigenvalue weighted by Crippen LogP contribution is 2.37. The van der Waals surface area contributed by atoms with E-state index in [-0.39, 0.29) is 40.7 Å². The first-order valence-electron chi connectivity index (χ1n) is 13.4. The topological polar surface area (TPSA) is 98.5 Å². The molecule has 0 fully saturated rings. The maximum atomic E-state index is 13.2. The molecule has 0 aliphatic carbocycles. The molecule has 2 radical (unpaired) electrons. The van der Waals surface area contributed by atoms with Gasteiger partial charge in [0.15, 0.2) is 0 Å². The van der Waals surface area contributed by atoms with E-state index in [1.54, 1.807) is 6.07 Å². The molecular weight excluding hydrogens is 541 g/mol. The van der Waals surface area contributed by atoms with Gasteiger partial charge in [-0.25, -0.2) is 0 Å². The highest BCUT2D eigenvalue weighted by molar-refractivity contribution is 6.36. The molecule has 40 heavy (non-hydrogen) atoms. The largest absolute Gasteiger partial charge is 0.505 e. The number of phenolic OH excluding ortho intramolecular Hbond substituents is 1. The van der Waals surface area contributed by atoms with Crippen molar-refractivity contribution in [2.75, 3.05) is 19.8 Å². The predicted octanol–water partition coefficient (Wildman–Crippen LogP) is 5.36. The number of ether oxygens (including phenoxy) is 2. The van der Waals surface area contributed by atoms with Gasteiger partial charge in [-0.05, 0) is 61.9 Å². The molecule has 1 aromatic heterocycles. The van der Waals surface area contributed by atoms with Gasteiger partial charge in [-0.15, -0.1) is 15.0 Å². The molecule has 3 aromatic rings. The number of rotatable bonds is 13. The van der Waals surface area contributed by atoms with Crippen LogP contribution in [0.4, 0.5) is 13.2 Å². The van der Waals surface area contributed by atoms with Crippen LogP contribution in [0.5, 0.6) is 5.75 Å². The number of benzene rings is 2. The van der Waals surface area contributed by atoms with Gasteiger partial charge in [-0.2, -0.15) is 13.2 Å². The number of carbonyl (C=O) groups excluding carboxylic acids is 1. The van der Waals surface area contributed by atoms with E-state index >= 15 is 0 Å². The molecule has 218 valence electrons. The summed E-state index contributed by atoms with van der Waals surface area (Å²) >= 11 is 0.